The summed E-state index contributed by atoms with van der Waals surface area (Å²) in [6.07, 6.45) is 6.74. The molecule has 2 unspecified atom stereocenters. The number of nitrogens with one attached hydrogen (secondary N) is 1. The van der Waals surface area contributed by atoms with Gasteiger partial charge in [-0.25, -0.2) is 4.98 Å². The molecule has 1 saturated carbocycles. The van der Waals surface area contributed by atoms with Gasteiger partial charge in [0.25, 0.3) is 0 Å². The summed E-state index contributed by atoms with van der Waals surface area (Å²) in [6.45, 7) is 0.760. The molecule has 1 heterocycles. The van der Waals surface area contributed by atoms with Crippen LogP contribution in [0.5, 0.6) is 0 Å². The van der Waals surface area contributed by atoms with Crippen LogP contribution >= 0.6 is 11.6 Å². The molecule has 0 aliphatic heterocycles. The van der Waals surface area contributed by atoms with Crippen LogP contribution in [-0.2, 0) is 0 Å². The first-order valence-electron chi connectivity index (χ1n) is 5.88. The minimum Gasteiger partial charge on any atom is -0.382 e. The summed E-state index contributed by atoms with van der Waals surface area (Å²) < 4.78 is 0. The predicted octanol–water partition coefficient (Wildman–Crippen LogP) is 2.66. The molecule has 1 aromatic heterocycles. The lowest BCUT2D eigenvalue weighted by atomic mass is 9.84. The van der Waals surface area contributed by atoms with Gasteiger partial charge in [0.05, 0.1) is 0 Å². The van der Waals surface area contributed by atoms with Crippen molar-refractivity contribution in [3.8, 4) is 0 Å². The van der Waals surface area contributed by atoms with E-state index < -0.39 is 0 Å². The largest absolute Gasteiger partial charge is 0.382 e. The van der Waals surface area contributed by atoms with Crippen molar-refractivity contribution < 1.29 is 0 Å². The average molecular weight is 240 g/mol. The molecule has 0 aromatic carbocycles. The van der Waals surface area contributed by atoms with Crippen molar-refractivity contribution in [2.24, 2.45) is 11.7 Å². The summed E-state index contributed by atoms with van der Waals surface area (Å²) in [5.74, 6) is 0.584. The van der Waals surface area contributed by atoms with Crippen LogP contribution in [0.4, 0.5) is 5.69 Å². The molecule has 1 aliphatic carbocycles. The Hall–Kier alpha value is -0.800. The van der Waals surface area contributed by atoms with Crippen LogP contribution in [0.1, 0.15) is 25.7 Å². The van der Waals surface area contributed by atoms with Crippen molar-refractivity contribution in [2.45, 2.75) is 31.7 Å². The Kier molecular flexibility index (Phi) is 4.02. The quantitative estimate of drug-likeness (QED) is 0.798. The average Bonchev–Trinajstić information content (AvgIpc) is 2.30. The van der Waals surface area contributed by atoms with Gasteiger partial charge in [0, 0.05) is 17.9 Å². The van der Waals surface area contributed by atoms with Crippen LogP contribution in [0, 0.1) is 5.92 Å². The number of anilines is 1. The van der Waals surface area contributed by atoms with Crippen molar-refractivity contribution in [1.82, 2.24) is 4.98 Å². The van der Waals surface area contributed by atoms with E-state index in [1.54, 1.807) is 6.20 Å². The molecule has 3 nitrogen and oxygen atoms in total. The Balaban J connectivity index is 2.02. The molecule has 2 rings (SSSR count). The van der Waals surface area contributed by atoms with Crippen molar-refractivity contribution in [2.75, 3.05) is 11.9 Å². The van der Waals surface area contributed by atoms with Gasteiger partial charge in [0.1, 0.15) is 5.15 Å². The number of hydrogen-bond donors (Lipinski definition) is 2. The summed E-state index contributed by atoms with van der Waals surface area (Å²) >= 11 is 5.86. The lowest BCUT2D eigenvalue weighted by Crippen LogP contribution is -2.36. The standard InChI is InChI=1S/C12H18ClN3/c13-12-7-10(5-6-15-12)16-11-4-2-1-3-9(11)8-14/h5-7,9,11H,1-4,8,14H2,(H,15,16). The molecule has 3 N–H and O–H groups in total. The number of nitrogens with zero attached hydrogens (tertiary/aromatic N) is 1. The number of aromatic nitrogens is 1. The minimum absolute atomic E-state index is 0.484. The molecule has 0 saturated heterocycles. The van der Waals surface area contributed by atoms with Gasteiger partial charge in [-0.05, 0) is 37.4 Å². The van der Waals surface area contributed by atoms with E-state index in [1.807, 2.05) is 12.1 Å². The highest BCUT2D eigenvalue weighted by Crippen LogP contribution is 2.26. The third kappa shape index (κ3) is 2.86. The zero-order valence-corrected chi connectivity index (χ0v) is 10.1. The Labute approximate surface area is 101 Å². The maximum Gasteiger partial charge on any atom is 0.131 e. The maximum absolute atomic E-state index is 5.86. The van der Waals surface area contributed by atoms with Gasteiger partial charge in [0.2, 0.25) is 0 Å². The van der Waals surface area contributed by atoms with Crippen LogP contribution in [0.3, 0.4) is 0 Å². The van der Waals surface area contributed by atoms with E-state index in [0.29, 0.717) is 17.1 Å². The SMILES string of the molecule is NCC1CCCCC1Nc1ccnc(Cl)c1. The smallest absolute Gasteiger partial charge is 0.131 e. The van der Waals surface area contributed by atoms with E-state index in [-0.39, 0.29) is 0 Å². The van der Waals surface area contributed by atoms with Crippen LogP contribution < -0.4 is 11.1 Å². The van der Waals surface area contributed by atoms with Gasteiger partial charge < -0.3 is 11.1 Å². The van der Waals surface area contributed by atoms with Crippen LogP contribution in [0.15, 0.2) is 18.3 Å². The van der Waals surface area contributed by atoms with Crippen molar-refractivity contribution in [3.63, 3.8) is 0 Å². The number of halogens is 1. The van der Waals surface area contributed by atoms with Gasteiger partial charge in [0.15, 0.2) is 0 Å². The lowest BCUT2D eigenvalue weighted by Gasteiger charge is -2.32. The van der Waals surface area contributed by atoms with E-state index in [2.05, 4.69) is 10.3 Å². The fourth-order valence-corrected chi connectivity index (χ4v) is 2.56. The number of rotatable bonds is 3. The topological polar surface area (TPSA) is 50.9 Å². The highest BCUT2D eigenvalue weighted by Gasteiger charge is 2.23. The van der Waals surface area contributed by atoms with Crippen LogP contribution in [0.25, 0.3) is 0 Å². The fraction of sp³-hybridized carbons (Fsp3) is 0.583. The van der Waals surface area contributed by atoms with Crippen LogP contribution in [0.2, 0.25) is 5.15 Å². The molecule has 4 heteroatoms. The third-order valence-electron chi connectivity index (χ3n) is 3.29. The van der Waals surface area contributed by atoms with Crippen molar-refractivity contribution in [1.29, 1.82) is 0 Å². The maximum atomic E-state index is 5.86. The zero-order chi connectivity index (χ0) is 11.4. The second-order valence-corrected chi connectivity index (χ2v) is 4.79. The number of nitrogens with two attached hydrogens (primary N) is 1. The molecule has 2 atom stereocenters. The van der Waals surface area contributed by atoms with E-state index in [4.69, 9.17) is 17.3 Å². The molecule has 0 bridgehead atoms. The molecule has 1 aliphatic rings. The first-order chi connectivity index (χ1) is 7.79. The number of hydrogen-bond acceptors (Lipinski definition) is 3. The summed E-state index contributed by atoms with van der Waals surface area (Å²) in [5.41, 5.74) is 6.85. The van der Waals surface area contributed by atoms with E-state index in [9.17, 15) is 0 Å². The second kappa shape index (κ2) is 5.51. The fourth-order valence-electron chi connectivity index (χ4n) is 2.39. The van der Waals surface area contributed by atoms with Crippen molar-refractivity contribution in [3.05, 3.63) is 23.5 Å². The van der Waals surface area contributed by atoms with Gasteiger partial charge in [-0.2, -0.15) is 0 Å². The lowest BCUT2D eigenvalue weighted by molar-refractivity contribution is 0.332. The van der Waals surface area contributed by atoms with Gasteiger partial charge in [-0.1, -0.05) is 24.4 Å². The van der Waals surface area contributed by atoms with Gasteiger partial charge in [-0.15, -0.1) is 0 Å². The van der Waals surface area contributed by atoms with E-state index >= 15 is 0 Å². The van der Waals surface area contributed by atoms with Crippen LogP contribution in [-0.4, -0.2) is 17.6 Å². The Morgan fingerprint density at radius 2 is 2.25 bits per heavy atom. The summed E-state index contributed by atoms with van der Waals surface area (Å²) in [6, 6.07) is 4.30. The molecular formula is C12H18ClN3. The van der Waals surface area contributed by atoms with Crippen molar-refractivity contribution >= 4 is 17.3 Å². The number of pyridine rings is 1. The Morgan fingerprint density at radius 1 is 1.44 bits per heavy atom. The first kappa shape index (κ1) is 11.7. The van der Waals surface area contributed by atoms with Gasteiger partial charge in [-0.3, -0.25) is 0 Å². The Morgan fingerprint density at radius 3 is 3.00 bits per heavy atom. The molecule has 1 aromatic rings. The highest BCUT2D eigenvalue weighted by atomic mass is 35.5. The van der Waals surface area contributed by atoms with E-state index in [1.165, 1.54) is 25.7 Å². The molecule has 16 heavy (non-hydrogen) atoms. The summed E-state index contributed by atoms with van der Waals surface area (Å²) in [7, 11) is 0. The molecule has 0 spiro atoms. The third-order valence-corrected chi connectivity index (χ3v) is 3.50. The summed E-state index contributed by atoms with van der Waals surface area (Å²) in [5, 5.41) is 4.05. The van der Waals surface area contributed by atoms with E-state index in [0.717, 1.165) is 12.2 Å². The predicted molar refractivity (Wildman–Crippen MR) is 67.7 cm³/mol. The molecule has 0 amide bonds. The van der Waals surface area contributed by atoms with Gasteiger partial charge >= 0.3 is 0 Å². The minimum atomic E-state index is 0.484. The highest BCUT2D eigenvalue weighted by molar-refractivity contribution is 6.29. The Bertz CT molecular complexity index is 343. The first-order valence-corrected chi connectivity index (χ1v) is 6.25. The summed E-state index contributed by atoms with van der Waals surface area (Å²) in [4.78, 5) is 3.97. The molecule has 88 valence electrons. The molecule has 0 radical (unpaired) electrons. The second-order valence-electron chi connectivity index (χ2n) is 4.40. The normalized spacial score (nSPS) is 25.4. The molecule has 1 fully saturated rings. The monoisotopic (exact) mass is 239 g/mol. The zero-order valence-electron chi connectivity index (χ0n) is 9.32. The molecular weight excluding hydrogens is 222 g/mol.